The Bertz CT molecular complexity index is 578. The Morgan fingerprint density at radius 2 is 2.00 bits per heavy atom. The second kappa shape index (κ2) is 7.28. The molecule has 0 bridgehead atoms. The summed E-state index contributed by atoms with van der Waals surface area (Å²) in [6, 6.07) is 21.2. The van der Waals surface area contributed by atoms with Gasteiger partial charge in [0, 0.05) is 13.1 Å². The zero-order valence-electron chi connectivity index (χ0n) is 13.3. The first-order valence-electron chi connectivity index (χ1n) is 8.17. The Balaban J connectivity index is 1.62. The van der Waals surface area contributed by atoms with Crippen molar-refractivity contribution in [1.82, 2.24) is 4.90 Å². The van der Waals surface area contributed by atoms with Gasteiger partial charge in [-0.25, -0.2) is 0 Å². The topological polar surface area (TPSA) is 3.24 Å². The van der Waals surface area contributed by atoms with Crippen molar-refractivity contribution in [3.8, 4) is 0 Å². The maximum Gasteiger partial charge on any atom is 0.00530 e. The van der Waals surface area contributed by atoms with Gasteiger partial charge in [0.25, 0.3) is 0 Å². The van der Waals surface area contributed by atoms with E-state index in [-0.39, 0.29) is 0 Å². The van der Waals surface area contributed by atoms with Crippen LogP contribution in [-0.4, -0.2) is 24.5 Å². The van der Waals surface area contributed by atoms with E-state index < -0.39 is 0 Å². The normalized spacial score (nSPS) is 22.3. The van der Waals surface area contributed by atoms with Crippen molar-refractivity contribution in [2.45, 2.75) is 25.7 Å². The number of piperidine rings is 1. The first-order chi connectivity index (χ1) is 10.7. The largest absolute Gasteiger partial charge is 0.302 e. The third kappa shape index (κ3) is 3.89. The van der Waals surface area contributed by atoms with Crippen LogP contribution in [0.4, 0.5) is 0 Å². The van der Waals surface area contributed by atoms with Crippen molar-refractivity contribution in [2.75, 3.05) is 19.6 Å². The molecule has 0 radical (unpaired) electrons. The second-order valence-corrected chi connectivity index (χ2v) is 7.10. The Labute approximate surface area is 136 Å². The van der Waals surface area contributed by atoms with Gasteiger partial charge in [-0.15, -0.1) is 9.24 Å². The van der Waals surface area contributed by atoms with Gasteiger partial charge in [0.1, 0.15) is 0 Å². The van der Waals surface area contributed by atoms with E-state index in [2.05, 4.69) is 69.6 Å². The van der Waals surface area contributed by atoms with E-state index in [0.29, 0.717) is 5.92 Å². The minimum absolute atomic E-state index is 0.662. The van der Waals surface area contributed by atoms with E-state index in [4.69, 9.17) is 0 Å². The van der Waals surface area contributed by atoms with Gasteiger partial charge in [-0.1, -0.05) is 43.3 Å². The van der Waals surface area contributed by atoms with Crippen LogP contribution in [0.1, 0.15) is 30.4 Å². The third-order valence-electron chi connectivity index (χ3n) is 4.85. The molecule has 2 aromatic rings. The molecule has 0 aliphatic carbocycles. The smallest absolute Gasteiger partial charge is 0.00530 e. The summed E-state index contributed by atoms with van der Waals surface area (Å²) < 4.78 is 0. The van der Waals surface area contributed by atoms with Crippen LogP contribution in [0.5, 0.6) is 0 Å². The zero-order valence-corrected chi connectivity index (χ0v) is 14.4. The summed E-state index contributed by atoms with van der Waals surface area (Å²) in [6.07, 6.45) is 2.40. The van der Waals surface area contributed by atoms with Crippen molar-refractivity contribution < 1.29 is 0 Å². The van der Waals surface area contributed by atoms with Gasteiger partial charge in [-0.05, 0) is 65.9 Å². The summed E-state index contributed by atoms with van der Waals surface area (Å²) in [5.74, 6) is 1.43. The summed E-state index contributed by atoms with van der Waals surface area (Å²) in [4.78, 5) is 2.62. The molecule has 1 saturated heterocycles. The monoisotopic (exact) mass is 309 g/mol. The fourth-order valence-corrected chi connectivity index (χ4v) is 3.53. The minimum atomic E-state index is 0.662. The molecule has 0 N–H and O–H groups in total. The SMILES string of the molecule is CC1CCN(CCc2cc#ccc2)C[C@@H]1c1ccc(P)cc1. The van der Waals surface area contributed by atoms with Crippen molar-refractivity contribution in [3.05, 3.63) is 65.7 Å². The molecule has 1 fully saturated rings. The van der Waals surface area contributed by atoms with E-state index >= 15 is 0 Å². The van der Waals surface area contributed by atoms with Gasteiger partial charge >= 0.3 is 0 Å². The lowest BCUT2D eigenvalue weighted by Gasteiger charge is -2.37. The summed E-state index contributed by atoms with van der Waals surface area (Å²) in [6.45, 7) is 5.95. The number of rotatable bonds is 4. The van der Waals surface area contributed by atoms with Gasteiger partial charge in [0.15, 0.2) is 0 Å². The van der Waals surface area contributed by atoms with Gasteiger partial charge < -0.3 is 4.90 Å². The van der Waals surface area contributed by atoms with Crippen LogP contribution in [0.2, 0.25) is 0 Å². The molecule has 3 atom stereocenters. The molecule has 1 nitrogen and oxygen atoms in total. The van der Waals surface area contributed by atoms with Crippen molar-refractivity contribution in [1.29, 1.82) is 0 Å². The van der Waals surface area contributed by atoms with Gasteiger partial charge in [-0.3, -0.25) is 0 Å². The first kappa shape index (κ1) is 15.5. The van der Waals surface area contributed by atoms with Crippen molar-refractivity contribution in [3.63, 3.8) is 0 Å². The zero-order chi connectivity index (χ0) is 15.4. The molecular formula is C20H24NP. The minimum Gasteiger partial charge on any atom is -0.302 e. The molecule has 0 amide bonds. The maximum atomic E-state index is 3.05. The van der Waals surface area contributed by atoms with Gasteiger partial charge in [0.05, 0.1) is 0 Å². The van der Waals surface area contributed by atoms with E-state index in [1.54, 1.807) is 0 Å². The third-order valence-corrected chi connectivity index (χ3v) is 5.23. The van der Waals surface area contributed by atoms with E-state index in [1.807, 2.05) is 6.07 Å². The second-order valence-electron chi connectivity index (χ2n) is 6.43. The average Bonchev–Trinajstić information content (AvgIpc) is 2.56. The number of hydrogen-bond acceptors (Lipinski definition) is 1. The fraction of sp³-hybridized carbons (Fsp3) is 0.400. The van der Waals surface area contributed by atoms with Crippen LogP contribution in [0.3, 0.4) is 0 Å². The number of benzene rings is 1. The Hall–Kier alpha value is -1.35. The van der Waals surface area contributed by atoms with Crippen molar-refractivity contribution >= 4 is 14.5 Å². The van der Waals surface area contributed by atoms with Crippen LogP contribution < -0.4 is 5.30 Å². The van der Waals surface area contributed by atoms with Crippen LogP contribution in [-0.2, 0) is 6.42 Å². The van der Waals surface area contributed by atoms with Gasteiger partial charge in [0.2, 0.25) is 0 Å². The standard InChI is InChI=1S/C20H24NP/c1-16-11-13-21(14-12-17-5-3-2-4-6-17)15-20(16)18-7-9-19(22)10-8-18/h3,5-10,16,20H,11-15,22H2,1H3/t16?,20-/m0/s1. The Morgan fingerprint density at radius 3 is 2.73 bits per heavy atom. The molecule has 2 aromatic carbocycles. The maximum absolute atomic E-state index is 3.05. The van der Waals surface area contributed by atoms with Crippen LogP contribution in [0.15, 0.2) is 42.5 Å². The highest BCUT2D eigenvalue weighted by molar-refractivity contribution is 7.27. The van der Waals surface area contributed by atoms with E-state index in [1.165, 1.54) is 35.9 Å². The predicted octanol–water partition coefficient (Wildman–Crippen LogP) is 3.46. The van der Waals surface area contributed by atoms with E-state index in [0.717, 1.165) is 18.9 Å². The van der Waals surface area contributed by atoms with Gasteiger partial charge in [-0.2, -0.15) is 0 Å². The lowest BCUT2D eigenvalue weighted by molar-refractivity contribution is 0.169. The molecule has 0 saturated carbocycles. The molecule has 2 heteroatoms. The molecular weight excluding hydrogens is 285 g/mol. The molecule has 114 valence electrons. The van der Waals surface area contributed by atoms with Crippen LogP contribution >= 0.6 is 9.24 Å². The molecule has 0 aromatic heterocycles. The van der Waals surface area contributed by atoms with E-state index in [9.17, 15) is 0 Å². The lowest BCUT2D eigenvalue weighted by atomic mass is 9.82. The van der Waals surface area contributed by atoms with Crippen LogP contribution in [0.25, 0.3) is 0 Å². The number of nitrogens with zero attached hydrogens (tertiary/aromatic N) is 1. The van der Waals surface area contributed by atoms with Crippen molar-refractivity contribution in [2.24, 2.45) is 5.92 Å². The molecule has 3 rings (SSSR count). The highest BCUT2D eigenvalue weighted by Crippen LogP contribution is 2.31. The number of hydrogen-bond donors (Lipinski definition) is 0. The van der Waals surface area contributed by atoms with Crippen LogP contribution in [0, 0.1) is 18.1 Å². The molecule has 1 aliphatic heterocycles. The summed E-state index contributed by atoms with van der Waals surface area (Å²) >= 11 is 0. The Morgan fingerprint density at radius 1 is 1.18 bits per heavy atom. The predicted molar refractivity (Wildman–Crippen MR) is 96.6 cm³/mol. The fourth-order valence-electron chi connectivity index (χ4n) is 3.34. The summed E-state index contributed by atoms with van der Waals surface area (Å²) in [5.41, 5.74) is 2.85. The molecule has 22 heavy (non-hydrogen) atoms. The summed E-state index contributed by atoms with van der Waals surface area (Å²) in [7, 11) is 2.77. The highest BCUT2D eigenvalue weighted by Gasteiger charge is 2.27. The average molecular weight is 309 g/mol. The molecule has 1 heterocycles. The first-order valence-corrected chi connectivity index (χ1v) is 8.74. The number of likely N-dealkylation sites (tertiary alicyclic amines) is 1. The quantitative estimate of drug-likeness (QED) is 0.782. The Kier molecular flexibility index (Phi) is 5.14. The molecule has 2 unspecified atom stereocenters. The molecule has 1 aliphatic rings. The molecule has 0 spiro atoms. The highest BCUT2D eigenvalue weighted by atomic mass is 31.0. The lowest BCUT2D eigenvalue weighted by Crippen LogP contribution is -2.39. The summed E-state index contributed by atoms with van der Waals surface area (Å²) in [5, 5.41) is 1.27.